The lowest BCUT2D eigenvalue weighted by molar-refractivity contribution is -0.138. The summed E-state index contributed by atoms with van der Waals surface area (Å²) in [5, 5.41) is 8.68. The summed E-state index contributed by atoms with van der Waals surface area (Å²) in [7, 11) is 0. The van der Waals surface area contributed by atoms with E-state index < -0.39 is 5.97 Å². The Labute approximate surface area is 136 Å². The van der Waals surface area contributed by atoms with Gasteiger partial charge in [0.1, 0.15) is 11.6 Å². The van der Waals surface area contributed by atoms with Crippen molar-refractivity contribution in [1.82, 2.24) is 0 Å². The fourth-order valence-corrected chi connectivity index (χ4v) is 2.41. The molecule has 0 N–H and O–H groups in total. The normalized spacial score (nSPS) is 11.2. The van der Waals surface area contributed by atoms with Crippen LogP contribution in [0.5, 0.6) is 0 Å². The minimum atomic E-state index is -0.493. The van der Waals surface area contributed by atoms with Gasteiger partial charge in [0.05, 0.1) is 6.61 Å². The van der Waals surface area contributed by atoms with Crippen molar-refractivity contribution in [2.75, 3.05) is 6.61 Å². The fourth-order valence-electron chi connectivity index (χ4n) is 2.41. The molecule has 3 nitrogen and oxygen atoms in total. The number of ether oxygens (including phenoxy) is 1. The highest BCUT2D eigenvalue weighted by atomic mass is 16.5. The summed E-state index contributed by atoms with van der Waals surface area (Å²) in [5.41, 5.74) is 0.0962. The van der Waals surface area contributed by atoms with Gasteiger partial charge in [0.2, 0.25) is 0 Å². The SMILES string of the molecule is CC=C(C#N)C(=O)OCCCCCCCCCCCCCC. The van der Waals surface area contributed by atoms with E-state index in [1.54, 1.807) is 6.92 Å². The molecule has 0 rings (SSSR count). The topological polar surface area (TPSA) is 50.1 Å². The highest BCUT2D eigenvalue weighted by Gasteiger charge is 2.07. The Balaban J connectivity index is 3.24. The molecule has 0 bridgehead atoms. The van der Waals surface area contributed by atoms with E-state index in [-0.39, 0.29) is 5.57 Å². The predicted octanol–water partition coefficient (Wildman–Crippen LogP) is 5.70. The van der Waals surface area contributed by atoms with Gasteiger partial charge in [-0.15, -0.1) is 0 Å². The van der Waals surface area contributed by atoms with Crippen LogP contribution in [-0.4, -0.2) is 12.6 Å². The molecule has 0 unspecified atom stereocenters. The van der Waals surface area contributed by atoms with Crippen LogP contribution in [0.15, 0.2) is 11.6 Å². The Kier molecular flexibility index (Phi) is 15.1. The first-order chi connectivity index (χ1) is 10.8. The van der Waals surface area contributed by atoms with Gasteiger partial charge in [-0.2, -0.15) is 5.26 Å². The minimum absolute atomic E-state index is 0.0962. The quantitative estimate of drug-likeness (QED) is 0.179. The van der Waals surface area contributed by atoms with Crippen LogP contribution in [-0.2, 0) is 9.53 Å². The first-order valence-corrected chi connectivity index (χ1v) is 8.99. The van der Waals surface area contributed by atoms with Crippen LogP contribution in [0, 0.1) is 11.3 Å². The molecule has 126 valence electrons. The van der Waals surface area contributed by atoms with Crippen molar-refractivity contribution in [2.24, 2.45) is 0 Å². The van der Waals surface area contributed by atoms with Crippen LogP contribution in [0.4, 0.5) is 0 Å². The van der Waals surface area contributed by atoms with Gasteiger partial charge >= 0.3 is 5.97 Å². The molecular formula is C19H33NO2. The number of nitriles is 1. The van der Waals surface area contributed by atoms with Gasteiger partial charge in [0.25, 0.3) is 0 Å². The number of carbonyl (C=O) groups excluding carboxylic acids is 1. The predicted molar refractivity (Wildman–Crippen MR) is 91.4 cm³/mol. The van der Waals surface area contributed by atoms with E-state index in [1.165, 1.54) is 70.3 Å². The standard InChI is InChI=1S/C19H33NO2/c1-3-5-6-7-8-9-10-11-12-13-14-15-16-22-19(21)18(4-2)17-20/h4H,3,5-16H2,1-2H3. The van der Waals surface area contributed by atoms with E-state index >= 15 is 0 Å². The lowest BCUT2D eigenvalue weighted by Gasteiger charge is -2.04. The summed E-state index contributed by atoms with van der Waals surface area (Å²) in [5.74, 6) is -0.493. The maximum absolute atomic E-state index is 11.4. The van der Waals surface area contributed by atoms with Crippen molar-refractivity contribution in [1.29, 1.82) is 5.26 Å². The van der Waals surface area contributed by atoms with Crippen LogP contribution in [0.1, 0.15) is 90.9 Å². The van der Waals surface area contributed by atoms with E-state index in [0.29, 0.717) is 6.61 Å². The molecule has 0 amide bonds. The maximum Gasteiger partial charge on any atom is 0.348 e. The van der Waals surface area contributed by atoms with E-state index in [9.17, 15) is 4.79 Å². The monoisotopic (exact) mass is 307 g/mol. The second-order valence-electron chi connectivity index (χ2n) is 5.84. The van der Waals surface area contributed by atoms with Gasteiger partial charge in [-0.3, -0.25) is 0 Å². The van der Waals surface area contributed by atoms with Gasteiger partial charge < -0.3 is 4.74 Å². The number of allylic oxidation sites excluding steroid dienone is 1. The Hall–Kier alpha value is -1.30. The van der Waals surface area contributed by atoms with Gasteiger partial charge in [-0.1, -0.05) is 83.6 Å². The van der Waals surface area contributed by atoms with Crippen molar-refractivity contribution in [3.63, 3.8) is 0 Å². The fraction of sp³-hybridized carbons (Fsp3) is 0.789. The molecule has 0 saturated heterocycles. The minimum Gasteiger partial charge on any atom is -0.462 e. The molecule has 0 aliphatic carbocycles. The number of hydrogen-bond acceptors (Lipinski definition) is 3. The van der Waals surface area contributed by atoms with Gasteiger partial charge in [0, 0.05) is 0 Å². The van der Waals surface area contributed by atoms with Gasteiger partial charge in [-0.25, -0.2) is 4.79 Å². The zero-order valence-electron chi connectivity index (χ0n) is 14.5. The largest absolute Gasteiger partial charge is 0.462 e. The van der Waals surface area contributed by atoms with E-state index in [1.807, 2.05) is 6.07 Å². The number of hydrogen-bond donors (Lipinski definition) is 0. The molecule has 3 heteroatoms. The Morgan fingerprint density at radius 1 is 0.909 bits per heavy atom. The summed E-state index contributed by atoms with van der Waals surface area (Å²) in [6.45, 7) is 4.35. The number of rotatable bonds is 14. The van der Waals surface area contributed by atoms with Crippen molar-refractivity contribution in [3.05, 3.63) is 11.6 Å². The van der Waals surface area contributed by atoms with E-state index in [0.717, 1.165) is 12.8 Å². The zero-order valence-corrected chi connectivity index (χ0v) is 14.5. The van der Waals surface area contributed by atoms with Crippen LogP contribution in [0.2, 0.25) is 0 Å². The summed E-state index contributed by atoms with van der Waals surface area (Å²) < 4.78 is 5.05. The number of carbonyl (C=O) groups is 1. The molecule has 0 heterocycles. The summed E-state index contributed by atoms with van der Waals surface area (Å²) in [6, 6.07) is 1.83. The van der Waals surface area contributed by atoms with E-state index in [4.69, 9.17) is 10.00 Å². The Morgan fingerprint density at radius 2 is 1.36 bits per heavy atom. The number of unbranched alkanes of at least 4 members (excludes halogenated alkanes) is 11. The number of esters is 1. The van der Waals surface area contributed by atoms with Crippen LogP contribution in [0.3, 0.4) is 0 Å². The molecule has 0 aromatic carbocycles. The summed E-state index contributed by atoms with van der Waals surface area (Å²) in [4.78, 5) is 11.4. The summed E-state index contributed by atoms with van der Waals surface area (Å²) in [6.07, 6.45) is 16.9. The second kappa shape index (κ2) is 16.1. The molecule has 0 saturated carbocycles. The molecule has 0 aromatic heterocycles. The molecule has 0 radical (unpaired) electrons. The van der Waals surface area contributed by atoms with Crippen LogP contribution in [0.25, 0.3) is 0 Å². The average molecular weight is 307 g/mol. The highest BCUT2D eigenvalue weighted by Crippen LogP contribution is 2.12. The molecule has 0 spiro atoms. The van der Waals surface area contributed by atoms with Gasteiger partial charge in [-0.05, 0) is 13.3 Å². The molecular weight excluding hydrogens is 274 g/mol. The Bertz CT molecular complexity index is 342. The highest BCUT2D eigenvalue weighted by molar-refractivity contribution is 5.92. The smallest absolute Gasteiger partial charge is 0.348 e. The van der Waals surface area contributed by atoms with E-state index in [2.05, 4.69) is 6.92 Å². The van der Waals surface area contributed by atoms with Crippen LogP contribution < -0.4 is 0 Å². The summed E-state index contributed by atoms with van der Waals surface area (Å²) >= 11 is 0. The van der Waals surface area contributed by atoms with Crippen molar-refractivity contribution >= 4 is 5.97 Å². The van der Waals surface area contributed by atoms with Crippen molar-refractivity contribution < 1.29 is 9.53 Å². The lowest BCUT2D eigenvalue weighted by atomic mass is 10.1. The van der Waals surface area contributed by atoms with Gasteiger partial charge in [0.15, 0.2) is 0 Å². The van der Waals surface area contributed by atoms with Crippen molar-refractivity contribution in [3.8, 4) is 6.07 Å². The second-order valence-corrected chi connectivity index (χ2v) is 5.84. The third-order valence-corrected chi connectivity index (χ3v) is 3.86. The molecule has 0 fully saturated rings. The molecule has 0 aromatic rings. The first kappa shape index (κ1) is 20.7. The molecule has 0 aliphatic rings. The molecule has 0 atom stereocenters. The third-order valence-electron chi connectivity index (χ3n) is 3.86. The van der Waals surface area contributed by atoms with Crippen molar-refractivity contribution in [2.45, 2.75) is 90.9 Å². The maximum atomic E-state index is 11.4. The zero-order chi connectivity index (χ0) is 16.5. The third kappa shape index (κ3) is 12.4. The lowest BCUT2D eigenvalue weighted by Crippen LogP contribution is -2.07. The average Bonchev–Trinajstić information content (AvgIpc) is 2.53. The molecule has 0 aliphatic heterocycles. The molecule has 22 heavy (non-hydrogen) atoms. The Morgan fingerprint density at radius 3 is 1.77 bits per heavy atom. The first-order valence-electron chi connectivity index (χ1n) is 8.99. The number of nitrogens with zero attached hydrogens (tertiary/aromatic N) is 1. The van der Waals surface area contributed by atoms with Crippen LogP contribution >= 0.6 is 0 Å².